The second-order valence-corrected chi connectivity index (χ2v) is 4.13. The molecule has 0 atom stereocenters. The van der Waals surface area contributed by atoms with Crippen LogP contribution < -0.4 is 0 Å². The highest BCUT2D eigenvalue weighted by Crippen LogP contribution is 2.24. The van der Waals surface area contributed by atoms with Gasteiger partial charge in [0.05, 0.1) is 11.1 Å². The van der Waals surface area contributed by atoms with E-state index in [-0.39, 0.29) is 5.56 Å². The fraction of sp³-hybridized carbons (Fsp3) is 0. The summed E-state index contributed by atoms with van der Waals surface area (Å²) >= 11 is 5.02. The van der Waals surface area contributed by atoms with E-state index in [0.29, 0.717) is 13.6 Å². The smallest absolute Gasteiger partial charge is 0.336 e. The van der Waals surface area contributed by atoms with E-state index in [4.69, 9.17) is 10.4 Å². The van der Waals surface area contributed by atoms with Gasteiger partial charge in [-0.25, -0.2) is 4.79 Å². The topological polar surface area (TPSA) is 61.1 Å². The number of carbonyl (C=O) groups is 1. The molecule has 3 nitrogen and oxygen atoms in total. The van der Waals surface area contributed by atoms with Crippen LogP contribution in [0, 0.1) is 14.9 Å². The molecular formula is C8H3BrINO2. The first-order chi connectivity index (χ1) is 6.07. The standard InChI is InChI=1S/C8H3BrINO2/c9-6-2-1-4(8(12)13)7(10)5(6)3-11/h1-2H,(H,12,13). The monoisotopic (exact) mass is 351 g/mol. The summed E-state index contributed by atoms with van der Waals surface area (Å²) in [5, 5.41) is 17.5. The molecule has 66 valence electrons. The van der Waals surface area contributed by atoms with Crippen LogP contribution in [0.3, 0.4) is 0 Å². The Hall–Kier alpha value is -0.610. The van der Waals surface area contributed by atoms with Crippen molar-refractivity contribution >= 4 is 44.5 Å². The molecule has 0 saturated heterocycles. The quantitative estimate of drug-likeness (QED) is 0.791. The number of carboxylic acid groups (broad SMARTS) is 1. The minimum atomic E-state index is -1.02. The average molecular weight is 352 g/mol. The van der Waals surface area contributed by atoms with Gasteiger partial charge in [0, 0.05) is 8.04 Å². The average Bonchev–Trinajstić information content (AvgIpc) is 2.04. The molecule has 1 aromatic rings. The third-order valence-corrected chi connectivity index (χ3v) is 3.21. The normalized spacial score (nSPS) is 9.31. The molecule has 0 aliphatic carbocycles. The molecule has 1 N–H and O–H groups in total. The van der Waals surface area contributed by atoms with Gasteiger partial charge in [0.15, 0.2) is 0 Å². The van der Waals surface area contributed by atoms with Crippen LogP contribution in [-0.2, 0) is 0 Å². The van der Waals surface area contributed by atoms with E-state index >= 15 is 0 Å². The summed E-state index contributed by atoms with van der Waals surface area (Å²) in [5.41, 5.74) is 0.515. The second-order valence-electron chi connectivity index (χ2n) is 2.20. The maximum atomic E-state index is 10.7. The number of nitriles is 1. The van der Waals surface area contributed by atoms with Gasteiger partial charge in [0.25, 0.3) is 0 Å². The number of nitrogens with zero attached hydrogens (tertiary/aromatic N) is 1. The summed E-state index contributed by atoms with van der Waals surface area (Å²) in [6.45, 7) is 0. The van der Waals surface area contributed by atoms with Crippen LogP contribution >= 0.6 is 38.5 Å². The number of rotatable bonds is 1. The summed E-state index contributed by atoms with van der Waals surface area (Å²) in [7, 11) is 0. The Morgan fingerprint density at radius 2 is 2.23 bits per heavy atom. The highest BCUT2D eigenvalue weighted by Gasteiger charge is 2.13. The van der Waals surface area contributed by atoms with Gasteiger partial charge in [-0.3, -0.25) is 0 Å². The molecule has 0 radical (unpaired) electrons. The third-order valence-electron chi connectivity index (χ3n) is 1.43. The van der Waals surface area contributed by atoms with E-state index in [1.165, 1.54) is 6.07 Å². The van der Waals surface area contributed by atoms with Crippen molar-refractivity contribution < 1.29 is 9.90 Å². The van der Waals surface area contributed by atoms with Crippen LogP contribution in [0.15, 0.2) is 16.6 Å². The number of halogens is 2. The first-order valence-electron chi connectivity index (χ1n) is 3.19. The Kier molecular flexibility index (Phi) is 3.27. The Morgan fingerprint density at radius 1 is 1.62 bits per heavy atom. The summed E-state index contributed by atoms with van der Waals surface area (Å²) in [5.74, 6) is -1.02. The molecular weight excluding hydrogens is 349 g/mol. The Morgan fingerprint density at radius 3 is 2.69 bits per heavy atom. The lowest BCUT2D eigenvalue weighted by atomic mass is 10.1. The molecule has 5 heteroatoms. The van der Waals surface area contributed by atoms with Crippen LogP contribution in [0.2, 0.25) is 0 Å². The predicted molar refractivity (Wildman–Crippen MR) is 58.5 cm³/mol. The maximum Gasteiger partial charge on any atom is 0.336 e. The third kappa shape index (κ3) is 2.00. The number of hydrogen-bond acceptors (Lipinski definition) is 2. The van der Waals surface area contributed by atoms with Crippen molar-refractivity contribution in [1.82, 2.24) is 0 Å². The van der Waals surface area contributed by atoms with Gasteiger partial charge >= 0.3 is 5.97 Å². The summed E-state index contributed by atoms with van der Waals surface area (Å²) in [4.78, 5) is 10.7. The minimum Gasteiger partial charge on any atom is -0.478 e. The number of carboxylic acids is 1. The highest BCUT2D eigenvalue weighted by molar-refractivity contribution is 14.1. The van der Waals surface area contributed by atoms with E-state index in [1.807, 2.05) is 28.7 Å². The minimum absolute atomic E-state index is 0.153. The Bertz CT molecular complexity index is 411. The van der Waals surface area contributed by atoms with Gasteiger partial charge in [-0.2, -0.15) is 5.26 Å². The number of hydrogen-bond donors (Lipinski definition) is 1. The molecule has 0 spiro atoms. The van der Waals surface area contributed by atoms with Crippen LogP contribution in [0.25, 0.3) is 0 Å². The molecule has 0 unspecified atom stereocenters. The van der Waals surface area contributed by atoms with Crippen molar-refractivity contribution in [2.45, 2.75) is 0 Å². The SMILES string of the molecule is N#Cc1c(Br)ccc(C(=O)O)c1I. The zero-order chi connectivity index (χ0) is 10.0. The fourth-order valence-corrected chi connectivity index (χ4v) is 2.43. The van der Waals surface area contributed by atoms with Crippen LogP contribution in [0.1, 0.15) is 15.9 Å². The molecule has 0 bridgehead atoms. The molecule has 0 aromatic heterocycles. The first kappa shape index (κ1) is 10.5. The van der Waals surface area contributed by atoms with Gasteiger partial charge in [-0.1, -0.05) is 0 Å². The summed E-state index contributed by atoms with van der Waals surface area (Å²) < 4.78 is 1.08. The van der Waals surface area contributed by atoms with E-state index in [2.05, 4.69) is 15.9 Å². The van der Waals surface area contributed by atoms with E-state index in [0.717, 1.165) is 0 Å². The molecule has 13 heavy (non-hydrogen) atoms. The lowest BCUT2D eigenvalue weighted by molar-refractivity contribution is 0.0695. The highest BCUT2D eigenvalue weighted by atomic mass is 127. The molecule has 0 fully saturated rings. The molecule has 0 aliphatic heterocycles. The fourth-order valence-electron chi connectivity index (χ4n) is 0.820. The van der Waals surface area contributed by atoms with Crippen molar-refractivity contribution in [3.8, 4) is 6.07 Å². The molecule has 0 saturated carbocycles. The van der Waals surface area contributed by atoms with Gasteiger partial charge in [0.1, 0.15) is 6.07 Å². The summed E-state index contributed by atoms with van der Waals surface area (Å²) in [6, 6.07) is 4.97. The van der Waals surface area contributed by atoms with Crippen molar-refractivity contribution in [2.75, 3.05) is 0 Å². The van der Waals surface area contributed by atoms with Crippen molar-refractivity contribution in [2.24, 2.45) is 0 Å². The van der Waals surface area contributed by atoms with Crippen molar-refractivity contribution in [3.63, 3.8) is 0 Å². The van der Waals surface area contributed by atoms with Gasteiger partial charge in [0.2, 0.25) is 0 Å². The van der Waals surface area contributed by atoms with Crippen LogP contribution in [-0.4, -0.2) is 11.1 Å². The van der Waals surface area contributed by atoms with E-state index in [1.54, 1.807) is 6.07 Å². The maximum absolute atomic E-state index is 10.7. The molecule has 0 amide bonds. The molecule has 0 heterocycles. The van der Waals surface area contributed by atoms with Crippen molar-refractivity contribution in [1.29, 1.82) is 5.26 Å². The predicted octanol–water partition coefficient (Wildman–Crippen LogP) is 2.62. The summed E-state index contributed by atoms with van der Waals surface area (Å²) in [6.07, 6.45) is 0. The van der Waals surface area contributed by atoms with E-state index < -0.39 is 5.97 Å². The van der Waals surface area contributed by atoms with Crippen LogP contribution in [0.4, 0.5) is 0 Å². The lowest BCUT2D eigenvalue weighted by Crippen LogP contribution is -2.01. The molecule has 1 rings (SSSR count). The Labute approximate surface area is 96.6 Å². The van der Waals surface area contributed by atoms with Gasteiger partial charge in [-0.15, -0.1) is 0 Å². The zero-order valence-corrected chi connectivity index (χ0v) is 9.96. The van der Waals surface area contributed by atoms with Gasteiger partial charge < -0.3 is 5.11 Å². The van der Waals surface area contributed by atoms with Gasteiger partial charge in [-0.05, 0) is 50.7 Å². The first-order valence-corrected chi connectivity index (χ1v) is 5.06. The largest absolute Gasteiger partial charge is 0.478 e. The second kappa shape index (κ2) is 4.07. The Balaban J connectivity index is 3.47. The van der Waals surface area contributed by atoms with Crippen LogP contribution in [0.5, 0.6) is 0 Å². The lowest BCUT2D eigenvalue weighted by Gasteiger charge is -2.02. The number of aromatic carboxylic acids is 1. The zero-order valence-electron chi connectivity index (χ0n) is 6.21. The number of benzene rings is 1. The molecule has 1 aromatic carbocycles. The molecule has 0 aliphatic rings. The van der Waals surface area contributed by atoms with Crippen molar-refractivity contribution in [3.05, 3.63) is 31.3 Å². The van der Waals surface area contributed by atoms with E-state index in [9.17, 15) is 4.79 Å².